The molecule has 0 bridgehead atoms. The third-order valence-corrected chi connectivity index (χ3v) is 3.59. The Morgan fingerprint density at radius 1 is 1.22 bits per heavy atom. The van der Waals surface area contributed by atoms with Gasteiger partial charge in [-0.15, -0.1) is 0 Å². The van der Waals surface area contributed by atoms with Gasteiger partial charge in [0.15, 0.2) is 5.15 Å². The minimum absolute atomic E-state index is 0.279. The van der Waals surface area contributed by atoms with E-state index in [0.717, 1.165) is 10.0 Å². The molecule has 0 amide bonds. The highest BCUT2D eigenvalue weighted by molar-refractivity contribution is 9.10. The molecule has 0 aliphatic heterocycles. The normalized spacial score (nSPS) is 11.1. The van der Waals surface area contributed by atoms with E-state index in [0.29, 0.717) is 16.4 Å². The largest absolute Gasteiger partial charge is 0.241 e. The van der Waals surface area contributed by atoms with E-state index < -0.39 is 0 Å². The molecule has 6 heteroatoms. The summed E-state index contributed by atoms with van der Waals surface area (Å²) in [6.07, 6.45) is 3.28. The number of rotatable bonds is 1. The maximum atomic E-state index is 12.9. The van der Waals surface area contributed by atoms with Gasteiger partial charge < -0.3 is 0 Å². The van der Waals surface area contributed by atoms with Gasteiger partial charge in [0.25, 0.3) is 0 Å². The van der Waals surface area contributed by atoms with Gasteiger partial charge in [0, 0.05) is 18.0 Å². The number of halogens is 3. The zero-order valence-corrected chi connectivity index (χ0v) is 11.3. The zero-order chi connectivity index (χ0) is 12.7. The van der Waals surface area contributed by atoms with Gasteiger partial charge in [-0.3, -0.25) is 0 Å². The topological polar surface area (TPSA) is 30.2 Å². The standard InChI is InChI=1S/C12H6BrClFN3/c13-9-10(7-1-3-8(15)4-2-7)17-18-6-5-16-12(14)11(9)18/h1-6H. The van der Waals surface area contributed by atoms with Crippen LogP contribution in [-0.4, -0.2) is 14.6 Å². The minimum atomic E-state index is -0.279. The smallest absolute Gasteiger partial charge is 0.155 e. The lowest BCUT2D eigenvalue weighted by atomic mass is 10.1. The molecule has 18 heavy (non-hydrogen) atoms. The van der Waals surface area contributed by atoms with Gasteiger partial charge in [-0.05, 0) is 40.2 Å². The van der Waals surface area contributed by atoms with E-state index in [1.165, 1.54) is 12.1 Å². The molecule has 3 nitrogen and oxygen atoms in total. The summed E-state index contributed by atoms with van der Waals surface area (Å²) in [5, 5.41) is 4.76. The highest BCUT2D eigenvalue weighted by Crippen LogP contribution is 2.33. The molecule has 0 saturated heterocycles. The van der Waals surface area contributed by atoms with Crippen molar-refractivity contribution in [3.63, 3.8) is 0 Å². The highest BCUT2D eigenvalue weighted by atomic mass is 79.9. The number of hydrogen-bond donors (Lipinski definition) is 0. The van der Waals surface area contributed by atoms with Crippen LogP contribution >= 0.6 is 27.5 Å². The Kier molecular flexibility index (Phi) is 2.80. The Labute approximate surface area is 115 Å². The summed E-state index contributed by atoms with van der Waals surface area (Å²) in [4.78, 5) is 4.00. The second-order valence-corrected chi connectivity index (χ2v) is 4.83. The molecule has 0 fully saturated rings. The fourth-order valence-electron chi connectivity index (χ4n) is 1.72. The van der Waals surface area contributed by atoms with Crippen molar-refractivity contribution in [2.45, 2.75) is 0 Å². The molecule has 0 N–H and O–H groups in total. The van der Waals surface area contributed by atoms with E-state index in [9.17, 15) is 4.39 Å². The molecule has 3 rings (SSSR count). The minimum Gasteiger partial charge on any atom is -0.241 e. The van der Waals surface area contributed by atoms with Crippen LogP contribution in [0.25, 0.3) is 16.8 Å². The summed E-state index contributed by atoms with van der Waals surface area (Å²) in [5.41, 5.74) is 2.20. The Hall–Kier alpha value is -1.46. The van der Waals surface area contributed by atoms with Crippen molar-refractivity contribution in [1.82, 2.24) is 14.6 Å². The van der Waals surface area contributed by atoms with Gasteiger partial charge in [-0.2, -0.15) is 5.10 Å². The monoisotopic (exact) mass is 325 g/mol. The molecule has 2 heterocycles. The van der Waals surface area contributed by atoms with E-state index in [1.807, 2.05) is 0 Å². The lowest BCUT2D eigenvalue weighted by Crippen LogP contribution is -1.88. The van der Waals surface area contributed by atoms with Crippen molar-refractivity contribution in [3.8, 4) is 11.3 Å². The van der Waals surface area contributed by atoms with Crippen LogP contribution in [0.5, 0.6) is 0 Å². The van der Waals surface area contributed by atoms with E-state index in [-0.39, 0.29) is 5.82 Å². The Morgan fingerprint density at radius 3 is 2.61 bits per heavy atom. The summed E-state index contributed by atoms with van der Waals surface area (Å²) in [7, 11) is 0. The van der Waals surface area contributed by atoms with Gasteiger partial charge in [0.1, 0.15) is 17.0 Å². The highest BCUT2D eigenvalue weighted by Gasteiger charge is 2.15. The first-order valence-electron chi connectivity index (χ1n) is 5.11. The van der Waals surface area contributed by atoms with Crippen molar-refractivity contribution in [2.75, 3.05) is 0 Å². The molecule has 0 aliphatic rings. The van der Waals surface area contributed by atoms with Gasteiger partial charge >= 0.3 is 0 Å². The van der Waals surface area contributed by atoms with Gasteiger partial charge in [-0.1, -0.05) is 11.6 Å². The van der Waals surface area contributed by atoms with Crippen LogP contribution in [0.4, 0.5) is 4.39 Å². The lowest BCUT2D eigenvalue weighted by molar-refractivity contribution is 0.628. The first-order chi connectivity index (χ1) is 8.66. The van der Waals surface area contributed by atoms with Crippen LogP contribution in [-0.2, 0) is 0 Å². The average molecular weight is 327 g/mol. The summed E-state index contributed by atoms with van der Waals surface area (Å²) in [5.74, 6) is -0.279. The molecule has 0 saturated carbocycles. The fraction of sp³-hybridized carbons (Fsp3) is 0. The first-order valence-corrected chi connectivity index (χ1v) is 6.28. The molecule has 0 radical (unpaired) electrons. The van der Waals surface area contributed by atoms with E-state index in [1.54, 1.807) is 29.0 Å². The number of fused-ring (bicyclic) bond motifs is 1. The van der Waals surface area contributed by atoms with Crippen LogP contribution in [0, 0.1) is 5.82 Å². The maximum absolute atomic E-state index is 12.9. The molecule has 0 atom stereocenters. The van der Waals surface area contributed by atoms with Gasteiger partial charge in [0.2, 0.25) is 0 Å². The van der Waals surface area contributed by atoms with Crippen LogP contribution < -0.4 is 0 Å². The predicted octanol–water partition coefficient (Wildman–Crippen LogP) is 3.95. The summed E-state index contributed by atoms with van der Waals surface area (Å²) < 4.78 is 15.3. The third kappa shape index (κ3) is 1.79. The fourth-order valence-corrected chi connectivity index (χ4v) is 2.75. The molecule has 2 aromatic heterocycles. The van der Waals surface area contributed by atoms with Crippen molar-refractivity contribution < 1.29 is 4.39 Å². The number of aromatic nitrogens is 3. The molecule has 3 aromatic rings. The van der Waals surface area contributed by atoms with E-state index in [4.69, 9.17) is 11.6 Å². The molecule has 0 aliphatic carbocycles. The molecule has 0 unspecified atom stereocenters. The SMILES string of the molecule is Fc1ccc(-c2nn3ccnc(Cl)c3c2Br)cc1. The predicted molar refractivity (Wildman–Crippen MR) is 71.1 cm³/mol. The number of benzene rings is 1. The summed E-state index contributed by atoms with van der Waals surface area (Å²) in [6, 6.07) is 6.13. The van der Waals surface area contributed by atoms with Gasteiger partial charge in [-0.25, -0.2) is 13.9 Å². The summed E-state index contributed by atoms with van der Waals surface area (Å²) >= 11 is 9.48. The maximum Gasteiger partial charge on any atom is 0.155 e. The van der Waals surface area contributed by atoms with Gasteiger partial charge in [0.05, 0.1) is 4.47 Å². The van der Waals surface area contributed by atoms with Crippen molar-refractivity contribution in [2.24, 2.45) is 0 Å². The second-order valence-electron chi connectivity index (χ2n) is 3.68. The number of hydrogen-bond acceptors (Lipinski definition) is 2. The Morgan fingerprint density at radius 2 is 1.94 bits per heavy atom. The summed E-state index contributed by atoms with van der Waals surface area (Å²) in [6.45, 7) is 0. The third-order valence-electron chi connectivity index (χ3n) is 2.56. The van der Waals surface area contributed by atoms with Crippen molar-refractivity contribution in [3.05, 3.63) is 52.1 Å². The van der Waals surface area contributed by atoms with Crippen LogP contribution in [0.3, 0.4) is 0 Å². The molecule has 0 spiro atoms. The Bertz CT molecular complexity index is 724. The van der Waals surface area contributed by atoms with Crippen LogP contribution in [0.2, 0.25) is 5.15 Å². The molecular weight excluding hydrogens is 321 g/mol. The van der Waals surface area contributed by atoms with Crippen LogP contribution in [0.1, 0.15) is 0 Å². The zero-order valence-electron chi connectivity index (χ0n) is 8.94. The van der Waals surface area contributed by atoms with E-state index in [2.05, 4.69) is 26.0 Å². The quantitative estimate of drug-likeness (QED) is 0.678. The molecular formula is C12H6BrClFN3. The first kappa shape index (κ1) is 11.6. The second kappa shape index (κ2) is 4.33. The molecule has 90 valence electrons. The van der Waals surface area contributed by atoms with Crippen molar-refractivity contribution in [1.29, 1.82) is 0 Å². The Balaban J connectivity index is 2.27. The lowest BCUT2D eigenvalue weighted by Gasteiger charge is -1.96. The molecule has 1 aromatic carbocycles. The average Bonchev–Trinajstić information content (AvgIpc) is 2.69. The van der Waals surface area contributed by atoms with E-state index >= 15 is 0 Å². The van der Waals surface area contributed by atoms with Crippen molar-refractivity contribution >= 4 is 33.0 Å². The van der Waals surface area contributed by atoms with Crippen LogP contribution in [0.15, 0.2) is 41.1 Å². The number of nitrogens with zero attached hydrogens (tertiary/aromatic N) is 3.